The number of benzene rings is 2. The average molecular weight is 393 g/mol. The first kappa shape index (κ1) is 19.3. The zero-order valence-corrected chi connectivity index (χ0v) is 17.1. The smallest absolute Gasteiger partial charge is 0.325 e. The maximum Gasteiger partial charge on any atom is 0.325 e. The Morgan fingerprint density at radius 2 is 1.86 bits per heavy atom. The van der Waals surface area contributed by atoms with Crippen LogP contribution in [-0.4, -0.2) is 54.2 Å². The quantitative estimate of drug-likeness (QED) is 0.691. The van der Waals surface area contributed by atoms with E-state index in [1.807, 2.05) is 24.4 Å². The Balaban J connectivity index is 1.57. The Kier molecular flexibility index (Phi) is 5.20. The summed E-state index contributed by atoms with van der Waals surface area (Å²) in [6, 6.07) is 11.5. The standard InChI is InChI=1S/C23H27N3O3/c1-15-4-7-21(16(2)12-15)25-8-10-26(11-9-25)22(23(27)28)19-14-24-20-6-5-17(29-3)13-18(19)20/h4-7,12-14,22,24H,8-11H2,1-3H3,(H,27,28). The molecule has 4 rings (SSSR count). The molecule has 0 aliphatic carbocycles. The Bertz CT molecular complexity index is 1040. The molecule has 1 atom stereocenters. The van der Waals surface area contributed by atoms with Crippen molar-refractivity contribution in [2.45, 2.75) is 19.9 Å². The first-order valence-electron chi connectivity index (χ1n) is 9.92. The van der Waals surface area contributed by atoms with Gasteiger partial charge in [-0.15, -0.1) is 0 Å². The average Bonchev–Trinajstić information content (AvgIpc) is 3.11. The van der Waals surface area contributed by atoms with Crippen LogP contribution >= 0.6 is 0 Å². The number of aromatic nitrogens is 1. The van der Waals surface area contributed by atoms with Crippen LogP contribution < -0.4 is 9.64 Å². The molecule has 0 spiro atoms. The number of carboxylic acids is 1. The molecule has 1 aliphatic rings. The Morgan fingerprint density at radius 1 is 1.10 bits per heavy atom. The molecule has 1 unspecified atom stereocenters. The van der Waals surface area contributed by atoms with E-state index in [0.717, 1.165) is 35.3 Å². The summed E-state index contributed by atoms with van der Waals surface area (Å²) in [5, 5.41) is 10.9. The number of hydrogen-bond acceptors (Lipinski definition) is 4. The van der Waals surface area contributed by atoms with Crippen molar-refractivity contribution < 1.29 is 14.6 Å². The zero-order chi connectivity index (χ0) is 20.5. The van der Waals surface area contributed by atoms with E-state index >= 15 is 0 Å². The predicted molar refractivity (Wildman–Crippen MR) is 115 cm³/mol. The largest absolute Gasteiger partial charge is 0.497 e. The number of nitrogens with one attached hydrogen (secondary N) is 1. The van der Waals surface area contributed by atoms with E-state index in [9.17, 15) is 9.90 Å². The molecular formula is C23H27N3O3. The zero-order valence-electron chi connectivity index (χ0n) is 17.1. The fourth-order valence-electron chi connectivity index (χ4n) is 4.34. The van der Waals surface area contributed by atoms with E-state index < -0.39 is 12.0 Å². The molecule has 6 heteroatoms. The minimum Gasteiger partial charge on any atom is -0.497 e. The summed E-state index contributed by atoms with van der Waals surface area (Å²) in [5.74, 6) is -0.101. The minimum atomic E-state index is -0.825. The van der Waals surface area contributed by atoms with Gasteiger partial charge in [0.1, 0.15) is 11.8 Å². The molecule has 0 saturated carbocycles. The van der Waals surface area contributed by atoms with Crippen molar-refractivity contribution in [1.82, 2.24) is 9.88 Å². The summed E-state index contributed by atoms with van der Waals surface area (Å²) in [7, 11) is 1.62. The van der Waals surface area contributed by atoms with Gasteiger partial charge in [0.15, 0.2) is 0 Å². The fraction of sp³-hybridized carbons (Fsp3) is 0.348. The maximum absolute atomic E-state index is 12.2. The van der Waals surface area contributed by atoms with Gasteiger partial charge in [-0.1, -0.05) is 17.7 Å². The number of fused-ring (bicyclic) bond motifs is 1. The molecule has 2 N–H and O–H groups in total. The molecule has 1 fully saturated rings. The molecule has 2 aromatic carbocycles. The molecule has 3 aromatic rings. The second-order valence-electron chi connectivity index (χ2n) is 7.71. The van der Waals surface area contributed by atoms with Crippen molar-refractivity contribution in [2.75, 3.05) is 38.2 Å². The second-order valence-corrected chi connectivity index (χ2v) is 7.71. The van der Waals surface area contributed by atoms with Gasteiger partial charge in [-0.2, -0.15) is 0 Å². The van der Waals surface area contributed by atoms with Crippen LogP contribution in [0.4, 0.5) is 5.69 Å². The molecule has 29 heavy (non-hydrogen) atoms. The molecule has 6 nitrogen and oxygen atoms in total. The molecular weight excluding hydrogens is 366 g/mol. The number of aliphatic carboxylic acids is 1. The van der Waals surface area contributed by atoms with Crippen molar-refractivity contribution in [1.29, 1.82) is 0 Å². The molecule has 1 saturated heterocycles. The number of carboxylic acid groups (broad SMARTS) is 1. The van der Waals surface area contributed by atoms with Crippen LogP contribution in [0.15, 0.2) is 42.6 Å². The summed E-state index contributed by atoms with van der Waals surface area (Å²) in [5.41, 5.74) is 5.45. The van der Waals surface area contributed by atoms with Gasteiger partial charge in [0.2, 0.25) is 0 Å². The van der Waals surface area contributed by atoms with Crippen LogP contribution in [0, 0.1) is 13.8 Å². The Morgan fingerprint density at radius 3 is 2.52 bits per heavy atom. The van der Waals surface area contributed by atoms with E-state index in [4.69, 9.17) is 4.74 Å². The number of piperazine rings is 1. The number of methoxy groups -OCH3 is 1. The van der Waals surface area contributed by atoms with Gasteiger partial charge in [0.25, 0.3) is 0 Å². The van der Waals surface area contributed by atoms with Crippen molar-refractivity contribution in [3.63, 3.8) is 0 Å². The van der Waals surface area contributed by atoms with Crippen LogP contribution in [-0.2, 0) is 4.79 Å². The van der Waals surface area contributed by atoms with Crippen LogP contribution in [0.1, 0.15) is 22.7 Å². The third-order valence-electron chi connectivity index (χ3n) is 5.82. The molecule has 152 valence electrons. The summed E-state index contributed by atoms with van der Waals surface area (Å²) in [6.45, 7) is 7.23. The van der Waals surface area contributed by atoms with Crippen LogP contribution in [0.5, 0.6) is 5.75 Å². The number of anilines is 1. The van der Waals surface area contributed by atoms with Gasteiger partial charge in [-0.25, -0.2) is 0 Å². The lowest BCUT2D eigenvalue weighted by atomic mass is 10.0. The van der Waals surface area contributed by atoms with Crippen molar-refractivity contribution >= 4 is 22.6 Å². The van der Waals surface area contributed by atoms with E-state index in [2.05, 4.69) is 46.8 Å². The van der Waals surface area contributed by atoms with Crippen LogP contribution in [0.2, 0.25) is 0 Å². The lowest BCUT2D eigenvalue weighted by molar-refractivity contribution is -0.143. The Hall–Kier alpha value is -2.99. The molecule has 0 radical (unpaired) electrons. The van der Waals surface area contributed by atoms with Gasteiger partial charge in [-0.05, 0) is 43.7 Å². The van der Waals surface area contributed by atoms with Gasteiger partial charge in [0.05, 0.1) is 7.11 Å². The number of H-pyrrole nitrogens is 1. The molecule has 1 aliphatic heterocycles. The predicted octanol–water partition coefficient (Wildman–Crippen LogP) is 3.74. The fourth-order valence-corrected chi connectivity index (χ4v) is 4.34. The van der Waals surface area contributed by atoms with Gasteiger partial charge in [0, 0.05) is 54.5 Å². The number of aryl methyl sites for hydroxylation is 2. The highest BCUT2D eigenvalue weighted by molar-refractivity contribution is 5.90. The van der Waals surface area contributed by atoms with E-state index in [1.54, 1.807) is 7.11 Å². The van der Waals surface area contributed by atoms with Gasteiger partial charge >= 0.3 is 5.97 Å². The SMILES string of the molecule is COc1ccc2[nH]cc(C(C(=O)O)N3CCN(c4ccc(C)cc4C)CC3)c2c1. The highest BCUT2D eigenvalue weighted by Gasteiger charge is 2.32. The first-order valence-corrected chi connectivity index (χ1v) is 9.92. The molecule has 1 aromatic heterocycles. The molecule has 2 heterocycles. The normalized spacial score (nSPS) is 16.2. The second kappa shape index (κ2) is 7.79. The topological polar surface area (TPSA) is 68.8 Å². The lowest BCUT2D eigenvalue weighted by Crippen LogP contribution is -2.49. The summed E-state index contributed by atoms with van der Waals surface area (Å²) in [4.78, 5) is 19.9. The molecule has 0 bridgehead atoms. The monoisotopic (exact) mass is 393 g/mol. The number of hydrogen-bond donors (Lipinski definition) is 2. The third-order valence-corrected chi connectivity index (χ3v) is 5.82. The summed E-state index contributed by atoms with van der Waals surface area (Å²) < 4.78 is 5.33. The third kappa shape index (κ3) is 3.68. The van der Waals surface area contributed by atoms with E-state index in [0.29, 0.717) is 13.1 Å². The van der Waals surface area contributed by atoms with Crippen LogP contribution in [0.25, 0.3) is 10.9 Å². The van der Waals surface area contributed by atoms with Crippen LogP contribution in [0.3, 0.4) is 0 Å². The van der Waals surface area contributed by atoms with Crippen molar-refractivity contribution in [3.05, 3.63) is 59.3 Å². The summed E-state index contributed by atoms with van der Waals surface area (Å²) >= 11 is 0. The highest BCUT2D eigenvalue weighted by atomic mass is 16.5. The van der Waals surface area contributed by atoms with Gasteiger partial charge < -0.3 is 19.7 Å². The first-order chi connectivity index (χ1) is 14.0. The number of nitrogens with zero attached hydrogens (tertiary/aromatic N) is 2. The van der Waals surface area contributed by atoms with E-state index in [1.165, 1.54) is 16.8 Å². The summed E-state index contributed by atoms with van der Waals surface area (Å²) in [6.07, 6.45) is 1.82. The Labute approximate surface area is 170 Å². The minimum absolute atomic E-state index is 0.683. The number of rotatable bonds is 5. The lowest BCUT2D eigenvalue weighted by Gasteiger charge is -2.39. The maximum atomic E-state index is 12.2. The number of ether oxygens (including phenoxy) is 1. The molecule has 0 amide bonds. The van der Waals surface area contributed by atoms with Crippen molar-refractivity contribution in [3.8, 4) is 5.75 Å². The van der Waals surface area contributed by atoms with E-state index in [-0.39, 0.29) is 0 Å². The number of aromatic amines is 1. The van der Waals surface area contributed by atoms with Crippen molar-refractivity contribution in [2.24, 2.45) is 0 Å². The highest BCUT2D eigenvalue weighted by Crippen LogP contribution is 2.32. The van der Waals surface area contributed by atoms with Gasteiger partial charge in [-0.3, -0.25) is 9.69 Å². The number of carbonyl (C=O) groups is 1.